The third kappa shape index (κ3) is 4.81. The Morgan fingerprint density at radius 3 is 2.13 bits per heavy atom. The number of fused-ring (bicyclic) bond motifs is 4. The number of nitrogens with zero attached hydrogens (tertiary/aromatic N) is 2. The summed E-state index contributed by atoms with van der Waals surface area (Å²) in [6.45, 7) is 7.21. The van der Waals surface area contributed by atoms with Gasteiger partial charge in [-0.05, 0) is 87.9 Å². The number of para-hydroxylation sites is 2. The molecule has 47 heavy (non-hydrogen) atoms. The molecule has 1 aliphatic rings. The highest BCUT2D eigenvalue weighted by atomic mass is 15.1. The van der Waals surface area contributed by atoms with Gasteiger partial charge in [-0.25, -0.2) is 0 Å². The van der Waals surface area contributed by atoms with E-state index >= 15 is 0 Å². The van der Waals surface area contributed by atoms with Crippen molar-refractivity contribution in [1.82, 2.24) is 4.57 Å². The van der Waals surface area contributed by atoms with Gasteiger partial charge < -0.3 is 9.47 Å². The van der Waals surface area contributed by atoms with E-state index in [4.69, 9.17) is 12.3 Å². The van der Waals surface area contributed by atoms with Gasteiger partial charge in [0.1, 0.15) is 0 Å². The molecule has 0 N–H and O–H groups in total. The van der Waals surface area contributed by atoms with Crippen LogP contribution in [0.4, 0.5) is 11.4 Å². The highest BCUT2D eigenvalue weighted by Crippen LogP contribution is 2.50. The van der Waals surface area contributed by atoms with Gasteiger partial charge in [0.25, 0.3) is 0 Å². The van der Waals surface area contributed by atoms with Crippen LogP contribution in [0.2, 0.25) is 0 Å². The van der Waals surface area contributed by atoms with Crippen LogP contribution in [0.15, 0.2) is 164 Å². The van der Waals surface area contributed by atoms with E-state index in [9.17, 15) is 6.85 Å². The monoisotopic (exact) mass is 618 g/mol. The van der Waals surface area contributed by atoms with Gasteiger partial charge in [-0.2, -0.15) is 0 Å². The molecular formula is C45H36N2. The van der Waals surface area contributed by atoms with Crippen molar-refractivity contribution in [3.8, 4) is 27.9 Å². The fraction of sp³-hybridized carbons (Fsp3) is 0.0667. The van der Waals surface area contributed by atoms with E-state index in [2.05, 4.69) is 6.58 Å². The Bertz CT molecular complexity index is 3050. The molecule has 6 aromatic carbocycles. The molecule has 1 aromatic heterocycles. The second-order valence-electron chi connectivity index (χ2n) is 11.6. The maximum absolute atomic E-state index is 9.91. The lowest BCUT2D eigenvalue weighted by Crippen LogP contribution is -2.16. The van der Waals surface area contributed by atoms with E-state index in [1.165, 1.54) is 4.57 Å². The topological polar surface area (TPSA) is 8.17 Å². The molecule has 7 aromatic rings. The van der Waals surface area contributed by atoms with E-state index < -0.39 is 72.0 Å². The van der Waals surface area contributed by atoms with Crippen molar-refractivity contribution in [2.45, 2.75) is 19.3 Å². The molecule has 0 bridgehead atoms. The fourth-order valence-corrected chi connectivity index (χ4v) is 6.17. The second-order valence-corrected chi connectivity index (χ2v) is 11.6. The maximum atomic E-state index is 9.91. The third-order valence-electron chi connectivity index (χ3n) is 8.52. The molecule has 226 valence electrons. The summed E-state index contributed by atoms with van der Waals surface area (Å²) in [6.07, 6.45) is -0.673. The number of hydrogen-bond donors (Lipinski definition) is 0. The predicted octanol–water partition coefficient (Wildman–Crippen LogP) is 12.1. The van der Waals surface area contributed by atoms with Crippen molar-refractivity contribution >= 4 is 34.4 Å². The van der Waals surface area contributed by atoms with Crippen molar-refractivity contribution in [3.05, 3.63) is 187 Å². The molecule has 1 heterocycles. The van der Waals surface area contributed by atoms with Crippen LogP contribution in [0.3, 0.4) is 0 Å². The summed E-state index contributed by atoms with van der Waals surface area (Å²) in [7, 11) is 0. The van der Waals surface area contributed by atoms with Crippen molar-refractivity contribution in [1.29, 1.82) is 0 Å². The Balaban J connectivity index is 1.50. The Kier molecular flexibility index (Phi) is 4.20. The zero-order valence-corrected chi connectivity index (χ0v) is 25.7. The van der Waals surface area contributed by atoms with Crippen LogP contribution < -0.4 is 4.90 Å². The smallest absolute Gasteiger partial charge is 0.0822 e. The van der Waals surface area contributed by atoms with Crippen LogP contribution in [0.5, 0.6) is 0 Å². The Labute approximate surface area is 296 Å². The Morgan fingerprint density at radius 1 is 0.702 bits per heavy atom. The van der Waals surface area contributed by atoms with Gasteiger partial charge in [0.2, 0.25) is 0 Å². The summed E-state index contributed by atoms with van der Waals surface area (Å²) in [5.41, 5.74) is 0.598. The van der Waals surface area contributed by atoms with Gasteiger partial charge >= 0.3 is 0 Å². The van der Waals surface area contributed by atoms with Crippen molar-refractivity contribution in [2.24, 2.45) is 0 Å². The lowest BCUT2D eigenvalue weighted by molar-refractivity contribution is 0.660. The zero-order valence-electron chi connectivity index (χ0n) is 39.7. The quantitative estimate of drug-likeness (QED) is 0.172. The van der Waals surface area contributed by atoms with Gasteiger partial charge in [-0.3, -0.25) is 0 Å². The van der Waals surface area contributed by atoms with Gasteiger partial charge in [-0.15, -0.1) is 0 Å². The molecule has 1 aliphatic carbocycles. The van der Waals surface area contributed by atoms with Gasteiger partial charge in [0, 0.05) is 39.6 Å². The van der Waals surface area contributed by atoms with E-state index in [0.29, 0.717) is 5.69 Å². The summed E-state index contributed by atoms with van der Waals surface area (Å²) < 4.78 is 129. The van der Waals surface area contributed by atoms with Crippen LogP contribution in [-0.2, 0) is 5.41 Å². The first-order valence-corrected chi connectivity index (χ1v) is 15.1. The van der Waals surface area contributed by atoms with E-state index in [-0.39, 0.29) is 73.9 Å². The molecule has 0 unspecified atom stereocenters. The van der Waals surface area contributed by atoms with Crippen LogP contribution in [0.25, 0.3) is 50.9 Å². The fourth-order valence-electron chi connectivity index (χ4n) is 6.17. The number of hydrogen-bond acceptors (Lipinski definition) is 1. The molecule has 0 atom stereocenters. The van der Waals surface area contributed by atoms with Gasteiger partial charge in [0.15, 0.2) is 0 Å². The van der Waals surface area contributed by atoms with Gasteiger partial charge in [0.05, 0.1) is 30.4 Å². The van der Waals surface area contributed by atoms with E-state index in [1.54, 1.807) is 68.4 Å². The minimum atomic E-state index is -1.29. The van der Waals surface area contributed by atoms with Crippen LogP contribution >= 0.6 is 0 Å². The molecule has 2 nitrogen and oxygen atoms in total. The van der Waals surface area contributed by atoms with E-state index in [0.717, 1.165) is 16.0 Å². The molecule has 0 fully saturated rings. The van der Waals surface area contributed by atoms with Crippen LogP contribution in [-0.4, -0.2) is 4.57 Å². The maximum Gasteiger partial charge on any atom is 0.0822 e. The molecule has 0 radical (unpaired) electrons. The predicted molar refractivity (Wildman–Crippen MR) is 200 cm³/mol. The summed E-state index contributed by atoms with van der Waals surface area (Å²) >= 11 is 0. The Hall–Kier alpha value is -5.86. The first-order valence-electron chi connectivity index (χ1n) is 22.1. The van der Waals surface area contributed by atoms with E-state index in [1.807, 2.05) is 30.3 Å². The molecule has 2 heteroatoms. The van der Waals surface area contributed by atoms with Crippen molar-refractivity contribution < 1.29 is 19.2 Å². The highest BCUT2D eigenvalue weighted by molar-refractivity contribution is 5.96. The normalized spacial score (nSPS) is 17.7. The summed E-state index contributed by atoms with van der Waals surface area (Å²) in [5.74, 6) is 0. The lowest BCUT2D eigenvalue weighted by atomic mass is 9.82. The largest absolute Gasteiger partial charge is 0.317 e. The summed E-state index contributed by atoms with van der Waals surface area (Å²) in [4.78, 5) is 1.15. The standard InChI is InChI=1S/C45H36N2/c1-4-43-40(39-20-12-14-22-44(39)47(43)35-17-9-6-10-18-35)29-30-46(34-25-23-33(24-26-34)32-15-7-5-8-16-32)36-27-28-38-37-19-11-13-21-41(37)45(2,3)42(38)31-36/h4-31H,1H2,2-3H3/b30-29+/i4D,11D,12D,13D,14D,19D,20D,21D,22D,27D,28D,29D,30D,31D. The van der Waals surface area contributed by atoms with Crippen LogP contribution in [0, 0.1) is 0 Å². The van der Waals surface area contributed by atoms with Gasteiger partial charge in [-0.1, -0.05) is 129 Å². The zero-order chi connectivity index (χ0) is 44.1. The molecule has 0 aliphatic heterocycles. The minimum absolute atomic E-state index is 0.00134. The number of anilines is 2. The average molecular weight is 619 g/mol. The summed E-state index contributed by atoms with van der Waals surface area (Å²) in [5, 5.41) is -0.153. The third-order valence-corrected chi connectivity index (χ3v) is 8.52. The number of rotatable bonds is 7. The first kappa shape index (κ1) is 17.2. The SMILES string of the molecule is [2H]C(=C)c1c(/C([2H])=C(\[2H])N(c2ccc(-c3ccccc3)cc2)c2c([2H])c([2H])c3c(c2[2H])C(C)(C)c2c([2H])c([2H])c([2H])c([2H])c2-3)c2c([2H])c([2H])c([2H])c([2H])c2n1-c1ccccc1. The first-order chi connectivity index (χ1) is 28.8. The molecule has 0 saturated carbocycles. The molecule has 0 spiro atoms. The van der Waals surface area contributed by atoms with Crippen LogP contribution in [0.1, 0.15) is 55.4 Å². The van der Waals surface area contributed by atoms with Crippen molar-refractivity contribution in [3.63, 3.8) is 0 Å². The molecule has 0 amide bonds. The highest BCUT2D eigenvalue weighted by Gasteiger charge is 2.35. The molecule has 8 rings (SSSR count). The molecular weight excluding hydrogens is 569 g/mol. The average Bonchev–Trinajstić information content (AvgIpc) is 3.75. The number of benzene rings is 6. The second kappa shape index (κ2) is 11.5. The summed E-state index contributed by atoms with van der Waals surface area (Å²) in [6, 6.07) is 18.5. The Morgan fingerprint density at radius 2 is 1.36 bits per heavy atom. The molecule has 0 saturated heterocycles. The van der Waals surface area contributed by atoms with Crippen molar-refractivity contribution in [2.75, 3.05) is 4.90 Å². The minimum Gasteiger partial charge on any atom is -0.317 e. The lowest BCUT2D eigenvalue weighted by Gasteiger charge is -2.26. The number of aromatic nitrogens is 1.